The number of sulfonamides is 1. The lowest BCUT2D eigenvalue weighted by Gasteiger charge is -2.05. The molecule has 0 aliphatic rings. The second-order valence-corrected chi connectivity index (χ2v) is 6.37. The molecule has 3 N–H and O–H groups in total. The molecule has 0 bridgehead atoms. The Kier molecular flexibility index (Phi) is 8.55. The van der Waals surface area contributed by atoms with Gasteiger partial charge in [0, 0.05) is 38.7 Å². The molecule has 1 aromatic heterocycles. The second kappa shape index (κ2) is 9.91. The Bertz CT molecular complexity index is 487. The predicted octanol–water partition coefficient (Wildman–Crippen LogP) is 0.456. The number of nitrogens with one attached hydrogen (secondary N) is 3. The summed E-state index contributed by atoms with van der Waals surface area (Å²) >= 11 is 0. The Balaban J connectivity index is 2.23. The Morgan fingerprint density at radius 1 is 1.24 bits per heavy atom. The van der Waals surface area contributed by atoms with E-state index in [0.717, 1.165) is 18.5 Å². The molecule has 8 heteroatoms. The Morgan fingerprint density at radius 3 is 2.76 bits per heavy atom. The molecule has 1 aromatic rings. The van der Waals surface area contributed by atoms with E-state index in [1.165, 1.54) is 6.20 Å². The minimum absolute atomic E-state index is 0.268. The lowest BCUT2D eigenvalue weighted by molar-refractivity contribution is 0.0689. The molecular formula is C13H25N3O4S. The maximum Gasteiger partial charge on any atom is 0.242 e. The predicted molar refractivity (Wildman–Crippen MR) is 80.7 cm³/mol. The fourth-order valence-corrected chi connectivity index (χ4v) is 2.82. The van der Waals surface area contributed by atoms with E-state index in [4.69, 9.17) is 9.47 Å². The highest BCUT2D eigenvalue weighted by atomic mass is 32.2. The van der Waals surface area contributed by atoms with E-state index in [2.05, 4.69) is 15.0 Å². The molecule has 0 fully saturated rings. The van der Waals surface area contributed by atoms with E-state index < -0.39 is 10.0 Å². The minimum Gasteiger partial charge on any atom is -0.382 e. The lowest BCUT2D eigenvalue weighted by atomic mass is 10.3. The van der Waals surface area contributed by atoms with Crippen molar-refractivity contribution in [2.24, 2.45) is 0 Å². The van der Waals surface area contributed by atoms with Gasteiger partial charge >= 0.3 is 0 Å². The summed E-state index contributed by atoms with van der Waals surface area (Å²) in [5, 5.41) is 2.96. The number of H-pyrrole nitrogens is 1. The van der Waals surface area contributed by atoms with Crippen LogP contribution in [0.25, 0.3) is 0 Å². The molecule has 0 amide bonds. The third-order valence-electron chi connectivity index (χ3n) is 2.83. The first-order valence-electron chi connectivity index (χ1n) is 6.98. The van der Waals surface area contributed by atoms with Crippen molar-refractivity contribution in [3.63, 3.8) is 0 Å². The third-order valence-corrected chi connectivity index (χ3v) is 4.27. The zero-order chi connectivity index (χ0) is 15.6. The number of aromatic amines is 1. The van der Waals surface area contributed by atoms with Crippen LogP contribution in [0.1, 0.15) is 18.5 Å². The molecule has 122 valence electrons. The Hall–Kier alpha value is -0.930. The van der Waals surface area contributed by atoms with E-state index in [1.54, 1.807) is 13.2 Å². The molecule has 0 aliphatic carbocycles. The zero-order valence-corrected chi connectivity index (χ0v) is 13.5. The van der Waals surface area contributed by atoms with Crippen molar-refractivity contribution in [3.05, 3.63) is 18.0 Å². The van der Waals surface area contributed by atoms with Gasteiger partial charge in [-0.1, -0.05) is 0 Å². The van der Waals surface area contributed by atoms with E-state index in [0.29, 0.717) is 32.9 Å². The summed E-state index contributed by atoms with van der Waals surface area (Å²) in [6.45, 7) is 2.77. The summed E-state index contributed by atoms with van der Waals surface area (Å²) in [7, 11) is 0.00467. The molecule has 1 heterocycles. The summed E-state index contributed by atoms with van der Waals surface area (Å²) in [5.74, 6) is 0. The molecule has 0 saturated carbocycles. The fraction of sp³-hybridized carbons (Fsp3) is 0.692. The van der Waals surface area contributed by atoms with E-state index >= 15 is 0 Å². The first-order valence-corrected chi connectivity index (χ1v) is 8.46. The standard InChI is InChI=1S/C13H25N3O4S/c1-14-10-12-9-13(11-15-12)21(17,18)16-5-3-4-6-20-8-7-19-2/h9,11,14-16H,3-8,10H2,1-2H3. The van der Waals surface area contributed by atoms with Crippen LogP contribution in [0.3, 0.4) is 0 Å². The smallest absolute Gasteiger partial charge is 0.242 e. The molecule has 0 atom stereocenters. The van der Waals surface area contributed by atoms with Crippen LogP contribution < -0.4 is 10.0 Å². The van der Waals surface area contributed by atoms with Crippen molar-refractivity contribution >= 4 is 10.0 Å². The van der Waals surface area contributed by atoms with Crippen molar-refractivity contribution in [2.45, 2.75) is 24.3 Å². The van der Waals surface area contributed by atoms with Crippen LogP contribution in [0.5, 0.6) is 0 Å². The first-order chi connectivity index (χ1) is 10.1. The molecule has 0 spiro atoms. The number of methoxy groups -OCH3 is 1. The largest absolute Gasteiger partial charge is 0.382 e. The highest BCUT2D eigenvalue weighted by Crippen LogP contribution is 2.10. The molecule has 0 aromatic carbocycles. The van der Waals surface area contributed by atoms with Gasteiger partial charge in [0.25, 0.3) is 0 Å². The average molecular weight is 319 g/mol. The van der Waals surface area contributed by atoms with Gasteiger partial charge in [0.2, 0.25) is 10.0 Å². The highest BCUT2D eigenvalue weighted by molar-refractivity contribution is 7.89. The number of ether oxygens (including phenoxy) is 2. The summed E-state index contributed by atoms with van der Waals surface area (Å²) in [6, 6.07) is 1.63. The van der Waals surface area contributed by atoms with Crippen LogP contribution in [0.2, 0.25) is 0 Å². The Morgan fingerprint density at radius 2 is 2.05 bits per heavy atom. The number of rotatable bonds is 12. The molecule has 21 heavy (non-hydrogen) atoms. The van der Waals surface area contributed by atoms with Gasteiger partial charge < -0.3 is 19.8 Å². The van der Waals surface area contributed by atoms with E-state index in [9.17, 15) is 8.42 Å². The summed E-state index contributed by atoms with van der Waals surface area (Å²) < 4.78 is 36.8. The van der Waals surface area contributed by atoms with Crippen molar-refractivity contribution in [2.75, 3.05) is 40.5 Å². The maximum absolute atomic E-state index is 12.0. The van der Waals surface area contributed by atoms with Gasteiger partial charge in [-0.3, -0.25) is 0 Å². The van der Waals surface area contributed by atoms with Crippen molar-refractivity contribution in [1.82, 2.24) is 15.0 Å². The van der Waals surface area contributed by atoms with E-state index in [1.807, 2.05) is 7.05 Å². The molecule has 1 rings (SSSR count). The molecule has 0 aliphatic heterocycles. The zero-order valence-electron chi connectivity index (χ0n) is 12.6. The van der Waals surface area contributed by atoms with Gasteiger partial charge in [-0.2, -0.15) is 0 Å². The molecule has 7 nitrogen and oxygen atoms in total. The molecule has 0 saturated heterocycles. The van der Waals surface area contributed by atoms with Crippen molar-refractivity contribution in [1.29, 1.82) is 0 Å². The number of unbranched alkanes of at least 4 members (excludes halogenated alkanes) is 1. The number of aromatic nitrogens is 1. The first kappa shape index (κ1) is 18.1. The third kappa shape index (κ3) is 7.05. The normalized spacial score (nSPS) is 11.9. The monoisotopic (exact) mass is 319 g/mol. The highest BCUT2D eigenvalue weighted by Gasteiger charge is 2.14. The van der Waals surface area contributed by atoms with Gasteiger partial charge in [-0.15, -0.1) is 0 Å². The maximum atomic E-state index is 12.0. The molecular weight excluding hydrogens is 294 g/mol. The topological polar surface area (TPSA) is 92.5 Å². The van der Waals surface area contributed by atoms with Crippen LogP contribution in [0.15, 0.2) is 17.2 Å². The van der Waals surface area contributed by atoms with Crippen molar-refractivity contribution < 1.29 is 17.9 Å². The van der Waals surface area contributed by atoms with Gasteiger partial charge in [-0.05, 0) is 26.0 Å². The number of hydrogen-bond acceptors (Lipinski definition) is 5. The van der Waals surface area contributed by atoms with Gasteiger partial charge in [-0.25, -0.2) is 13.1 Å². The van der Waals surface area contributed by atoms with Crippen molar-refractivity contribution in [3.8, 4) is 0 Å². The van der Waals surface area contributed by atoms with Gasteiger partial charge in [0.1, 0.15) is 0 Å². The minimum atomic E-state index is -3.43. The van der Waals surface area contributed by atoms with E-state index in [-0.39, 0.29) is 4.90 Å². The fourth-order valence-electron chi connectivity index (χ4n) is 1.73. The van der Waals surface area contributed by atoms with Crippen LogP contribution in [0, 0.1) is 0 Å². The molecule has 0 radical (unpaired) electrons. The molecule has 0 unspecified atom stereocenters. The second-order valence-electron chi connectivity index (χ2n) is 4.60. The summed E-state index contributed by atoms with van der Waals surface area (Å²) in [4.78, 5) is 3.20. The average Bonchev–Trinajstić information content (AvgIpc) is 2.92. The quantitative estimate of drug-likeness (QED) is 0.487. The van der Waals surface area contributed by atoms with Crippen LogP contribution in [0.4, 0.5) is 0 Å². The van der Waals surface area contributed by atoms with Crippen LogP contribution >= 0.6 is 0 Å². The van der Waals surface area contributed by atoms with Crippen LogP contribution in [-0.2, 0) is 26.0 Å². The summed E-state index contributed by atoms with van der Waals surface area (Å²) in [6.07, 6.45) is 3.05. The van der Waals surface area contributed by atoms with Crippen LogP contribution in [-0.4, -0.2) is 53.9 Å². The summed E-state index contributed by atoms with van der Waals surface area (Å²) in [5.41, 5.74) is 0.837. The lowest BCUT2D eigenvalue weighted by Crippen LogP contribution is -2.24. The number of hydrogen-bond donors (Lipinski definition) is 3. The van der Waals surface area contributed by atoms with Gasteiger partial charge in [0.15, 0.2) is 0 Å². The Labute approximate surface area is 126 Å². The SMILES string of the molecule is CNCc1cc(S(=O)(=O)NCCCCOCCOC)c[nH]1. The van der Waals surface area contributed by atoms with Gasteiger partial charge in [0.05, 0.1) is 18.1 Å².